The fourth-order valence-corrected chi connectivity index (χ4v) is 2.96. The van der Waals surface area contributed by atoms with Gasteiger partial charge in [0.25, 0.3) is 5.91 Å². The molecule has 0 spiro atoms. The first-order valence-corrected chi connectivity index (χ1v) is 8.61. The normalized spacial score (nSPS) is 16.4. The molecule has 0 bridgehead atoms. The summed E-state index contributed by atoms with van der Waals surface area (Å²) in [6, 6.07) is 15.5. The number of hydrogen-bond acceptors (Lipinski definition) is 3. The molecular weight excluding hydrogens is 312 g/mol. The van der Waals surface area contributed by atoms with Gasteiger partial charge in [-0.3, -0.25) is 4.79 Å². The minimum atomic E-state index is -0.288. The average molecular weight is 336 g/mol. The number of nitrogens with zero attached hydrogens (tertiary/aromatic N) is 1. The van der Waals surface area contributed by atoms with Crippen LogP contribution < -0.4 is 10.1 Å². The second-order valence-corrected chi connectivity index (χ2v) is 6.58. The lowest BCUT2D eigenvalue weighted by Gasteiger charge is -2.38. The zero-order valence-electron chi connectivity index (χ0n) is 14.7. The van der Waals surface area contributed by atoms with E-state index in [0.29, 0.717) is 24.6 Å². The predicted molar refractivity (Wildman–Crippen MR) is 101 cm³/mol. The summed E-state index contributed by atoms with van der Waals surface area (Å²) < 4.78 is 6.00. The monoisotopic (exact) mass is 336 g/mol. The number of rotatable bonds is 6. The van der Waals surface area contributed by atoms with Crippen LogP contribution in [0.4, 0.5) is 5.69 Å². The average Bonchev–Trinajstić information content (AvgIpc) is 2.62. The molecule has 1 aliphatic rings. The maximum absolute atomic E-state index is 13.0. The number of anilines is 1. The molecule has 0 saturated heterocycles. The van der Waals surface area contributed by atoms with Crippen molar-refractivity contribution in [3.63, 3.8) is 0 Å². The summed E-state index contributed by atoms with van der Waals surface area (Å²) in [6.45, 7) is 9.13. The molecule has 25 heavy (non-hydrogen) atoms. The zero-order valence-corrected chi connectivity index (χ0v) is 14.7. The van der Waals surface area contributed by atoms with Gasteiger partial charge in [0, 0.05) is 17.8 Å². The van der Waals surface area contributed by atoms with Gasteiger partial charge in [-0.05, 0) is 24.1 Å². The highest BCUT2D eigenvalue weighted by Crippen LogP contribution is 2.36. The van der Waals surface area contributed by atoms with Crippen molar-refractivity contribution in [1.29, 1.82) is 0 Å². The number of carbonyl (C=O) groups is 1. The Balaban J connectivity index is 2.00. The Morgan fingerprint density at radius 3 is 2.68 bits per heavy atom. The summed E-state index contributed by atoms with van der Waals surface area (Å²) in [5, 5.41) is 3.48. The standard InChI is InChI=1S/C21H24N2O2/c1-4-13-23-20(22-18-11-7-5-9-16(18)21(23)24)17-10-6-8-12-19(17)25-14-15(2)3/h4-12,15,20,22H,1,13-14H2,2-3H3. The molecule has 3 rings (SSSR count). The van der Waals surface area contributed by atoms with Gasteiger partial charge in [-0.2, -0.15) is 0 Å². The summed E-state index contributed by atoms with van der Waals surface area (Å²) in [7, 11) is 0. The maximum atomic E-state index is 13.0. The molecule has 2 aromatic rings. The van der Waals surface area contributed by atoms with Crippen molar-refractivity contribution < 1.29 is 9.53 Å². The molecule has 1 amide bonds. The van der Waals surface area contributed by atoms with Crippen LogP contribution in [0.3, 0.4) is 0 Å². The second-order valence-electron chi connectivity index (χ2n) is 6.58. The molecule has 1 aliphatic heterocycles. The first-order chi connectivity index (χ1) is 12.1. The van der Waals surface area contributed by atoms with Crippen molar-refractivity contribution in [2.45, 2.75) is 20.0 Å². The number of fused-ring (bicyclic) bond motifs is 1. The van der Waals surface area contributed by atoms with Crippen molar-refractivity contribution in [3.05, 3.63) is 72.3 Å². The Morgan fingerprint density at radius 1 is 1.20 bits per heavy atom. The van der Waals surface area contributed by atoms with E-state index >= 15 is 0 Å². The first kappa shape index (κ1) is 17.1. The van der Waals surface area contributed by atoms with Gasteiger partial charge < -0.3 is 15.0 Å². The highest BCUT2D eigenvalue weighted by atomic mass is 16.5. The quantitative estimate of drug-likeness (QED) is 0.791. The molecule has 1 atom stereocenters. The molecule has 1 N–H and O–H groups in total. The van der Waals surface area contributed by atoms with E-state index in [-0.39, 0.29) is 12.1 Å². The number of para-hydroxylation sites is 2. The minimum absolute atomic E-state index is 0.00193. The molecule has 4 heteroatoms. The summed E-state index contributed by atoms with van der Waals surface area (Å²) in [5.74, 6) is 1.23. The van der Waals surface area contributed by atoms with E-state index in [4.69, 9.17) is 4.74 Å². The van der Waals surface area contributed by atoms with Crippen molar-refractivity contribution in [1.82, 2.24) is 4.90 Å². The Morgan fingerprint density at radius 2 is 1.92 bits per heavy atom. The SMILES string of the molecule is C=CCN1C(=O)c2ccccc2NC1c1ccccc1OCC(C)C. The van der Waals surface area contributed by atoms with Gasteiger partial charge in [-0.1, -0.05) is 50.3 Å². The third-order valence-electron chi connectivity index (χ3n) is 4.13. The van der Waals surface area contributed by atoms with E-state index in [0.717, 1.165) is 17.0 Å². The lowest BCUT2D eigenvalue weighted by Crippen LogP contribution is -2.43. The Bertz CT molecular complexity index is 770. The van der Waals surface area contributed by atoms with Crippen LogP contribution >= 0.6 is 0 Å². The predicted octanol–water partition coefficient (Wildman–Crippen LogP) is 4.47. The molecule has 4 nitrogen and oxygen atoms in total. The van der Waals surface area contributed by atoms with E-state index < -0.39 is 0 Å². The van der Waals surface area contributed by atoms with Crippen LogP contribution in [0, 0.1) is 5.92 Å². The number of hydrogen-bond donors (Lipinski definition) is 1. The van der Waals surface area contributed by atoms with Crippen LogP contribution in [-0.4, -0.2) is 24.0 Å². The van der Waals surface area contributed by atoms with Gasteiger partial charge in [0.05, 0.1) is 12.2 Å². The third kappa shape index (κ3) is 3.53. The van der Waals surface area contributed by atoms with Crippen LogP contribution in [0.15, 0.2) is 61.2 Å². The van der Waals surface area contributed by atoms with Crippen molar-refractivity contribution in [3.8, 4) is 5.75 Å². The van der Waals surface area contributed by atoms with E-state index in [1.54, 1.807) is 11.0 Å². The summed E-state index contributed by atoms with van der Waals surface area (Å²) in [6.07, 6.45) is 1.46. The number of nitrogens with one attached hydrogen (secondary N) is 1. The highest BCUT2D eigenvalue weighted by molar-refractivity contribution is 6.01. The van der Waals surface area contributed by atoms with Crippen LogP contribution in [0.25, 0.3) is 0 Å². The van der Waals surface area contributed by atoms with Crippen molar-refractivity contribution in [2.75, 3.05) is 18.5 Å². The van der Waals surface area contributed by atoms with Crippen molar-refractivity contribution in [2.24, 2.45) is 5.92 Å². The zero-order chi connectivity index (χ0) is 17.8. The number of benzene rings is 2. The molecule has 2 aromatic carbocycles. The van der Waals surface area contributed by atoms with Gasteiger partial charge >= 0.3 is 0 Å². The lowest BCUT2D eigenvalue weighted by molar-refractivity contribution is 0.0705. The molecule has 1 unspecified atom stereocenters. The van der Waals surface area contributed by atoms with Crippen LogP contribution in [0.1, 0.15) is 35.9 Å². The van der Waals surface area contributed by atoms with Crippen LogP contribution in [0.2, 0.25) is 0 Å². The Hall–Kier alpha value is -2.75. The highest BCUT2D eigenvalue weighted by Gasteiger charge is 2.33. The fraction of sp³-hybridized carbons (Fsp3) is 0.286. The smallest absolute Gasteiger partial charge is 0.258 e. The van der Waals surface area contributed by atoms with Gasteiger partial charge in [0.1, 0.15) is 11.9 Å². The van der Waals surface area contributed by atoms with Crippen LogP contribution in [0.5, 0.6) is 5.75 Å². The number of ether oxygens (including phenoxy) is 1. The van der Waals surface area contributed by atoms with Gasteiger partial charge in [-0.25, -0.2) is 0 Å². The van der Waals surface area contributed by atoms with Gasteiger partial charge in [0.15, 0.2) is 0 Å². The molecule has 0 fully saturated rings. The van der Waals surface area contributed by atoms with Gasteiger partial charge in [-0.15, -0.1) is 6.58 Å². The second kappa shape index (κ2) is 7.43. The molecule has 0 radical (unpaired) electrons. The summed E-state index contributed by atoms with van der Waals surface area (Å²) in [5.41, 5.74) is 2.48. The van der Waals surface area contributed by atoms with E-state index in [9.17, 15) is 4.79 Å². The van der Waals surface area contributed by atoms with Crippen LogP contribution in [-0.2, 0) is 0 Å². The molecule has 0 aliphatic carbocycles. The number of carbonyl (C=O) groups excluding carboxylic acids is 1. The Kier molecular flexibility index (Phi) is 5.08. The third-order valence-corrected chi connectivity index (χ3v) is 4.13. The van der Waals surface area contributed by atoms with E-state index in [1.165, 1.54) is 0 Å². The molecule has 0 saturated carbocycles. The fourth-order valence-electron chi connectivity index (χ4n) is 2.96. The van der Waals surface area contributed by atoms with Gasteiger partial charge in [0.2, 0.25) is 0 Å². The largest absolute Gasteiger partial charge is 0.493 e. The lowest BCUT2D eigenvalue weighted by atomic mass is 10.0. The van der Waals surface area contributed by atoms with E-state index in [2.05, 4.69) is 25.7 Å². The molecule has 0 aromatic heterocycles. The number of amides is 1. The summed E-state index contributed by atoms with van der Waals surface area (Å²) in [4.78, 5) is 14.7. The topological polar surface area (TPSA) is 41.6 Å². The maximum Gasteiger partial charge on any atom is 0.258 e. The molecule has 1 heterocycles. The van der Waals surface area contributed by atoms with E-state index in [1.807, 2.05) is 48.5 Å². The minimum Gasteiger partial charge on any atom is -0.493 e. The first-order valence-electron chi connectivity index (χ1n) is 8.61. The molecular formula is C21H24N2O2. The van der Waals surface area contributed by atoms with Crippen molar-refractivity contribution >= 4 is 11.6 Å². The Labute approximate surface area is 149 Å². The summed E-state index contributed by atoms with van der Waals surface area (Å²) >= 11 is 0. The molecule has 130 valence electrons.